The Kier molecular flexibility index (Phi) is 6.34. The van der Waals surface area contributed by atoms with E-state index in [1.54, 1.807) is 19.1 Å². The Hall–Kier alpha value is -3.54. The summed E-state index contributed by atoms with van der Waals surface area (Å²) < 4.78 is 18.0. The van der Waals surface area contributed by atoms with Gasteiger partial charge in [0.25, 0.3) is 5.91 Å². The first-order valence-electron chi connectivity index (χ1n) is 9.14. The number of esters is 1. The molecule has 1 N–H and O–H groups in total. The van der Waals surface area contributed by atoms with E-state index in [0.717, 1.165) is 11.3 Å². The van der Waals surface area contributed by atoms with Crippen molar-refractivity contribution < 1.29 is 18.7 Å². The van der Waals surface area contributed by atoms with Crippen molar-refractivity contribution in [2.45, 2.75) is 19.4 Å². The standard InChI is InChI=1S/C23H21FN2O3/c1-15-19(12-13-20(25-15)16-6-4-3-5-7-16)23(28)26-21(14-22(27)29-2)17-8-10-18(24)11-9-17/h3-13,21H,14H2,1-2H3,(H,26,28). The molecule has 0 spiro atoms. The molecule has 0 aliphatic carbocycles. The second-order valence-electron chi connectivity index (χ2n) is 6.55. The minimum absolute atomic E-state index is 0.0670. The second kappa shape index (κ2) is 9.10. The van der Waals surface area contributed by atoms with Crippen molar-refractivity contribution in [3.8, 4) is 11.3 Å². The van der Waals surface area contributed by atoms with Crippen LogP contribution in [0.1, 0.15) is 34.1 Å². The van der Waals surface area contributed by atoms with Gasteiger partial charge in [-0.1, -0.05) is 42.5 Å². The third kappa shape index (κ3) is 5.04. The van der Waals surface area contributed by atoms with Crippen LogP contribution in [-0.4, -0.2) is 24.0 Å². The fourth-order valence-electron chi connectivity index (χ4n) is 3.00. The Morgan fingerprint density at radius 2 is 1.72 bits per heavy atom. The molecule has 1 unspecified atom stereocenters. The Balaban J connectivity index is 1.83. The minimum atomic E-state index is -0.649. The molecule has 148 valence electrons. The van der Waals surface area contributed by atoms with Crippen LogP contribution >= 0.6 is 0 Å². The van der Waals surface area contributed by atoms with Crippen molar-refractivity contribution in [1.82, 2.24) is 10.3 Å². The lowest BCUT2D eigenvalue weighted by molar-refractivity contribution is -0.141. The van der Waals surface area contributed by atoms with Gasteiger partial charge < -0.3 is 10.1 Å². The number of aromatic nitrogens is 1. The number of ether oxygens (including phenoxy) is 1. The fourth-order valence-corrected chi connectivity index (χ4v) is 3.00. The number of hydrogen-bond acceptors (Lipinski definition) is 4. The van der Waals surface area contributed by atoms with Gasteiger partial charge in [-0.05, 0) is 36.8 Å². The summed E-state index contributed by atoms with van der Waals surface area (Å²) in [5.41, 5.74) is 3.31. The predicted molar refractivity (Wildman–Crippen MR) is 108 cm³/mol. The Bertz CT molecular complexity index is 1000. The molecule has 0 saturated heterocycles. The van der Waals surface area contributed by atoms with Gasteiger partial charge in [0.2, 0.25) is 0 Å². The number of halogens is 1. The number of benzene rings is 2. The monoisotopic (exact) mass is 392 g/mol. The van der Waals surface area contributed by atoms with Crippen molar-refractivity contribution >= 4 is 11.9 Å². The predicted octanol–water partition coefficient (Wildman–Crippen LogP) is 4.23. The Morgan fingerprint density at radius 1 is 1.03 bits per heavy atom. The number of methoxy groups -OCH3 is 1. The summed E-state index contributed by atoms with van der Waals surface area (Å²) in [7, 11) is 1.28. The highest BCUT2D eigenvalue weighted by Gasteiger charge is 2.21. The van der Waals surface area contributed by atoms with Crippen LogP contribution < -0.4 is 5.32 Å². The van der Waals surface area contributed by atoms with Crippen molar-refractivity contribution in [3.05, 3.63) is 89.4 Å². The minimum Gasteiger partial charge on any atom is -0.469 e. The van der Waals surface area contributed by atoms with Crippen LogP contribution in [-0.2, 0) is 9.53 Å². The van der Waals surface area contributed by atoms with Gasteiger partial charge in [0.1, 0.15) is 5.82 Å². The van der Waals surface area contributed by atoms with E-state index < -0.39 is 17.8 Å². The first-order chi connectivity index (χ1) is 14.0. The number of amides is 1. The first kappa shape index (κ1) is 20.2. The zero-order valence-electron chi connectivity index (χ0n) is 16.2. The van der Waals surface area contributed by atoms with Gasteiger partial charge >= 0.3 is 5.97 Å². The topological polar surface area (TPSA) is 68.3 Å². The van der Waals surface area contributed by atoms with Crippen LogP contribution in [0, 0.1) is 12.7 Å². The summed E-state index contributed by atoms with van der Waals surface area (Å²) in [6.45, 7) is 1.76. The summed E-state index contributed by atoms with van der Waals surface area (Å²) in [5, 5.41) is 2.83. The smallest absolute Gasteiger partial charge is 0.307 e. The molecule has 2 aromatic carbocycles. The van der Waals surface area contributed by atoms with Crippen molar-refractivity contribution in [2.75, 3.05) is 7.11 Å². The van der Waals surface area contributed by atoms with Crippen LogP contribution in [0.5, 0.6) is 0 Å². The van der Waals surface area contributed by atoms with E-state index in [0.29, 0.717) is 16.8 Å². The summed E-state index contributed by atoms with van der Waals surface area (Å²) >= 11 is 0. The molecule has 29 heavy (non-hydrogen) atoms. The van der Waals surface area contributed by atoms with Crippen molar-refractivity contribution in [2.24, 2.45) is 0 Å². The molecular formula is C23H21FN2O3. The number of carbonyl (C=O) groups is 2. The summed E-state index contributed by atoms with van der Waals surface area (Å²) in [4.78, 5) is 29.2. The van der Waals surface area contributed by atoms with E-state index in [-0.39, 0.29) is 12.3 Å². The zero-order valence-corrected chi connectivity index (χ0v) is 16.2. The highest BCUT2D eigenvalue weighted by atomic mass is 19.1. The number of carbonyl (C=O) groups excluding carboxylic acids is 2. The Labute approximate surface area is 168 Å². The molecule has 0 aliphatic rings. The molecule has 0 bridgehead atoms. The van der Waals surface area contributed by atoms with Crippen LogP contribution in [0.4, 0.5) is 4.39 Å². The molecular weight excluding hydrogens is 371 g/mol. The molecule has 0 fully saturated rings. The number of rotatable bonds is 6. The van der Waals surface area contributed by atoms with Gasteiger partial charge in [-0.15, -0.1) is 0 Å². The third-order valence-corrected chi connectivity index (χ3v) is 4.58. The zero-order chi connectivity index (χ0) is 20.8. The van der Waals surface area contributed by atoms with Crippen LogP contribution in [0.2, 0.25) is 0 Å². The molecule has 1 atom stereocenters. The highest BCUT2D eigenvalue weighted by molar-refractivity contribution is 5.96. The summed E-state index contributed by atoms with van der Waals surface area (Å²) in [6, 6.07) is 18.1. The number of pyridine rings is 1. The highest BCUT2D eigenvalue weighted by Crippen LogP contribution is 2.21. The molecule has 6 heteroatoms. The van der Waals surface area contributed by atoms with Gasteiger partial charge in [-0.3, -0.25) is 14.6 Å². The summed E-state index contributed by atoms with van der Waals surface area (Å²) in [5.74, 6) is -1.24. The molecule has 1 amide bonds. The van der Waals surface area contributed by atoms with Crippen molar-refractivity contribution in [1.29, 1.82) is 0 Å². The van der Waals surface area contributed by atoms with E-state index in [9.17, 15) is 14.0 Å². The molecule has 1 heterocycles. The first-order valence-corrected chi connectivity index (χ1v) is 9.14. The maximum absolute atomic E-state index is 13.2. The SMILES string of the molecule is COC(=O)CC(NC(=O)c1ccc(-c2ccccc2)nc1C)c1ccc(F)cc1. The third-order valence-electron chi connectivity index (χ3n) is 4.58. The van der Waals surface area contributed by atoms with E-state index in [1.807, 2.05) is 30.3 Å². The van der Waals surface area contributed by atoms with Crippen LogP contribution in [0.15, 0.2) is 66.7 Å². The maximum atomic E-state index is 13.2. The number of hydrogen-bond donors (Lipinski definition) is 1. The lowest BCUT2D eigenvalue weighted by Crippen LogP contribution is -2.31. The van der Waals surface area contributed by atoms with Gasteiger partial charge in [0.15, 0.2) is 0 Å². The fraction of sp³-hybridized carbons (Fsp3) is 0.174. The lowest BCUT2D eigenvalue weighted by Gasteiger charge is -2.19. The normalized spacial score (nSPS) is 11.6. The number of nitrogens with one attached hydrogen (secondary N) is 1. The second-order valence-corrected chi connectivity index (χ2v) is 6.55. The maximum Gasteiger partial charge on any atom is 0.307 e. The van der Waals surface area contributed by atoms with Gasteiger partial charge in [-0.2, -0.15) is 0 Å². The number of nitrogens with zero attached hydrogens (tertiary/aromatic N) is 1. The average molecular weight is 392 g/mol. The molecule has 1 aromatic heterocycles. The van der Waals surface area contributed by atoms with Crippen LogP contribution in [0.25, 0.3) is 11.3 Å². The number of aryl methyl sites for hydroxylation is 1. The van der Waals surface area contributed by atoms with Crippen molar-refractivity contribution in [3.63, 3.8) is 0 Å². The molecule has 3 rings (SSSR count). The lowest BCUT2D eigenvalue weighted by atomic mass is 10.0. The van der Waals surface area contributed by atoms with E-state index in [1.165, 1.54) is 31.4 Å². The Morgan fingerprint density at radius 3 is 2.34 bits per heavy atom. The van der Waals surface area contributed by atoms with Crippen LogP contribution in [0.3, 0.4) is 0 Å². The summed E-state index contributed by atoms with van der Waals surface area (Å²) in [6.07, 6.45) is -0.0670. The largest absolute Gasteiger partial charge is 0.469 e. The van der Waals surface area contributed by atoms with Gasteiger partial charge in [0.05, 0.1) is 36.5 Å². The van der Waals surface area contributed by atoms with E-state index in [2.05, 4.69) is 10.3 Å². The quantitative estimate of drug-likeness (QED) is 0.638. The molecule has 0 aliphatic heterocycles. The molecule has 3 aromatic rings. The van der Waals surface area contributed by atoms with Gasteiger partial charge in [0, 0.05) is 5.56 Å². The molecule has 5 nitrogen and oxygen atoms in total. The average Bonchev–Trinajstić information content (AvgIpc) is 2.74. The molecule has 0 radical (unpaired) electrons. The van der Waals surface area contributed by atoms with Gasteiger partial charge in [-0.25, -0.2) is 4.39 Å². The van der Waals surface area contributed by atoms with E-state index >= 15 is 0 Å². The van der Waals surface area contributed by atoms with E-state index in [4.69, 9.17) is 4.74 Å². The molecule has 0 saturated carbocycles.